The molecule has 3 heterocycles. The lowest BCUT2D eigenvalue weighted by atomic mass is 9.85. The number of hydrogen-bond donors (Lipinski definition) is 0. The molecule has 6 nitrogen and oxygen atoms in total. The van der Waals surface area contributed by atoms with Crippen LogP contribution in [0.15, 0.2) is 65.2 Å². The van der Waals surface area contributed by atoms with Crippen molar-refractivity contribution in [3.63, 3.8) is 0 Å². The maximum absolute atomic E-state index is 12.2. The maximum Gasteiger partial charge on any atom is 0.253 e. The molecular weight excluding hydrogens is 462 g/mol. The molecule has 4 aromatic rings. The van der Waals surface area contributed by atoms with Gasteiger partial charge in [-0.15, -0.1) is 0 Å². The Morgan fingerprint density at radius 1 is 1.03 bits per heavy atom. The molecule has 0 saturated carbocycles. The van der Waals surface area contributed by atoms with Crippen molar-refractivity contribution in [2.45, 2.75) is 45.3 Å². The van der Waals surface area contributed by atoms with Crippen LogP contribution in [0.4, 0.5) is 0 Å². The van der Waals surface area contributed by atoms with Crippen LogP contribution in [-0.2, 0) is 11.2 Å². The van der Waals surface area contributed by atoms with Crippen molar-refractivity contribution in [2.24, 2.45) is 5.92 Å². The van der Waals surface area contributed by atoms with Gasteiger partial charge in [-0.3, -0.25) is 9.78 Å². The molecular formula is C31H31N3O3. The fourth-order valence-corrected chi connectivity index (χ4v) is 5.39. The summed E-state index contributed by atoms with van der Waals surface area (Å²) >= 11 is 0. The fourth-order valence-electron chi connectivity index (χ4n) is 5.39. The Hall–Kier alpha value is -3.95. The van der Waals surface area contributed by atoms with Gasteiger partial charge in [-0.1, -0.05) is 24.3 Å². The summed E-state index contributed by atoms with van der Waals surface area (Å²) in [7, 11) is 3.47. The molecule has 1 aliphatic heterocycles. The van der Waals surface area contributed by atoms with Crippen molar-refractivity contribution in [1.29, 1.82) is 5.26 Å². The van der Waals surface area contributed by atoms with Crippen LogP contribution in [0.25, 0.3) is 33.6 Å². The molecule has 2 aromatic carbocycles. The highest BCUT2D eigenvalue weighted by Gasteiger charge is 2.25. The molecule has 1 aliphatic rings. The molecule has 0 N–H and O–H groups in total. The molecule has 37 heavy (non-hydrogen) atoms. The normalized spacial score (nSPS) is 19.5. The number of hydrogen-bond acceptors (Lipinski definition) is 5. The van der Waals surface area contributed by atoms with Gasteiger partial charge >= 0.3 is 0 Å². The Labute approximate surface area is 217 Å². The molecule has 1 fully saturated rings. The van der Waals surface area contributed by atoms with Gasteiger partial charge in [-0.05, 0) is 74.4 Å². The second-order valence-electron chi connectivity index (χ2n) is 10.2. The van der Waals surface area contributed by atoms with Crippen LogP contribution in [0.3, 0.4) is 0 Å². The third kappa shape index (κ3) is 5.14. The molecule has 1 saturated heterocycles. The van der Waals surface area contributed by atoms with Crippen molar-refractivity contribution in [3.8, 4) is 28.5 Å². The number of carbonyl (C=O) groups excluding carboxylic acids is 1. The zero-order valence-electron chi connectivity index (χ0n) is 21.7. The van der Waals surface area contributed by atoms with E-state index in [-0.39, 0.29) is 18.1 Å². The van der Waals surface area contributed by atoms with Gasteiger partial charge in [0.1, 0.15) is 11.3 Å². The van der Waals surface area contributed by atoms with Crippen LogP contribution in [0, 0.1) is 17.2 Å². The summed E-state index contributed by atoms with van der Waals surface area (Å²) in [5.74, 6) is 1.15. The van der Waals surface area contributed by atoms with Crippen LogP contribution in [0.2, 0.25) is 0 Å². The van der Waals surface area contributed by atoms with Crippen molar-refractivity contribution in [1.82, 2.24) is 9.88 Å². The number of nitrogens with zero attached hydrogens (tertiary/aromatic N) is 3. The van der Waals surface area contributed by atoms with E-state index in [9.17, 15) is 10.1 Å². The first-order valence-electron chi connectivity index (χ1n) is 12.7. The van der Waals surface area contributed by atoms with Gasteiger partial charge in [-0.25, -0.2) is 0 Å². The zero-order valence-corrected chi connectivity index (χ0v) is 21.7. The minimum absolute atomic E-state index is 0.0438. The number of furan rings is 1. The monoisotopic (exact) mass is 493 g/mol. The van der Waals surface area contributed by atoms with Gasteiger partial charge < -0.3 is 14.1 Å². The Morgan fingerprint density at radius 3 is 2.41 bits per heavy atom. The number of amides is 1. The lowest BCUT2D eigenvalue weighted by Gasteiger charge is -2.32. The van der Waals surface area contributed by atoms with Gasteiger partial charge in [0.25, 0.3) is 5.91 Å². The summed E-state index contributed by atoms with van der Waals surface area (Å²) in [6.45, 7) is 4.25. The molecule has 2 aromatic heterocycles. The minimum Gasteiger partial charge on any atom is -0.454 e. The summed E-state index contributed by atoms with van der Waals surface area (Å²) in [6.07, 6.45) is 5.18. The molecule has 6 heteroatoms. The first-order valence-corrected chi connectivity index (χ1v) is 12.7. The van der Waals surface area contributed by atoms with Crippen LogP contribution in [-0.4, -0.2) is 42.1 Å². The zero-order chi connectivity index (χ0) is 26.1. The van der Waals surface area contributed by atoms with E-state index >= 15 is 0 Å². The first-order chi connectivity index (χ1) is 17.8. The van der Waals surface area contributed by atoms with E-state index in [0.717, 1.165) is 47.0 Å². The molecule has 0 spiro atoms. The Bertz CT molecular complexity index is 1470. The highest BCUT2D eigenvalue weighted by Crippen LogP contribution is 2.35. The molecule has 188 valence electrons. The van der Waals surface area contributed by atoms with E-state index in [1.165, 1.54) is 0 Å². The van der Waals surface area contributed by atoms with E-state index in [2.05, 4.69) is 37.0 Å². The molecule has 0 bridgehead atoms. The average Bonchev–Trinajstić information content (AvgIpc) is 3.32. The van der Waals surface area contributed by atoms with E-state index < -0.39 is 0 Å². The van der Waals surface area contributed by atoms with E-state index in [4.69, 9.17) is 9.15 Å². The SMILES string of the molecule is CC1CC(Cc2ccc(-c3ccnc4cc(-c5ccc(C(=O)N(C)C)cc5)oc34)cc2C#N)CC(C)O1. The van der Waals surface area contributed by atoms with Crippen LogP contribution >= 0.6 is 0 Å². The second-order valence-corrected chi connectivity index (χ2v) is 10.2. The largest absolute Gasteiger partial charge is 0.454 e. The Morgan fingerprint density at radius 2 is 1.73 bits per heavy atom. The lowest BCUT2D eigenvalue weighted by molar-refractivity contribution is -0.0518. The third-order valence-corrected chi connectivity index (χ3v) is 7.08. The highest BCUT2D eigenvalue weighted by molar-refractivity contribution is 5.95. The van der Waals surface area contributed by atoms with Crippen LogP contribution in [0.5, 0.6) is 0 Å². The smallest absolute Gasteiger partial charge is 0.253 e. The molecule has 5 rings (SSSR count). The third-order valence-electron chi connectivity index (χ3n) is 7.08. The van der Waals surface area contributed by atoms with Gasteiger partial charge in [-0.2, -0.15) is 5.26 Å². The number of aromatic nitrogens is 1. The topological polar surface area (TPSA) is 79.4 Å². The first kappa shape index (κ1) is 24.7. The van der Waals surface area contributed by atoms with Crippen molar-refractivity contribution in [2.75, 3.05) is 14.1 Å². The van der Waals surface area contributed by atoms with Gasteiger partial charge in [0.2, 0.25) is 0 Å². The van der Waals surface area contributed by atoms with Crippen molar-refractivity contribution < 1.29 is 13.9 Å². The standard InChI is InChI=1S/C31H31N3O3/c1-19-13-21(14-20(2)36-19)15-24-9-10-25(16-26(24)18-32)27-11-12-33-28-17-29(37-30(27)28)22-5-7-23(8-6-22)31(35)34(3)4/h5-12,16-17,19-21H,13-15H2,1-4H3. The second kappa shape index (κ2) is 10.2. The summed E-state index contributed by atoms with van der Waals surface area (Å²) in [4.78, 5) is 18.3. The number of nitriles is 1. The highest BCUT2D eigenvalue weighted by atomic mass is 16.5. The van der Waals surface area contributed by atoms with Gasteiger partial charge in [0.15, 0.2) is 5.58 Å². The van der Waals surface area contributed by atoms with Gasteiger partial charge in [0, 0.05) is 43.0 Å². The van der Waals surface area contributed by atoms with Crippen LogP contribution in [0.1, 0.15) is 48.2 Å². The Kier molecular flexibility index (Phi) is 6.82. The lowest BCUT2D eigenvalue weighted by Crippen LogP contribution is -2.30. The number of pyridine rings is 1. The number of ether oxygens (including phenoxy) is 1. The molecule has 1 amide bonds. The van der Waals surface area contributed by atoms with E-state index in [1.54, 1.807) is 37.3 Å². The minimum atomic E-state index is -0.0438. The predicted molar refractivity (Wildman–Crippen MR) is 144 cm³/mol. The fraction of sp³-hybridized carbons (Fsp3) is 0.323. The average molecular weight is 494 g/mol. The van der Waals surface area contributed by atoms with E-state index in [1.807, 2.05) is 30.3 Å². The number of benzene rings is 2. The summed E-state index contributed by atoms with van der Waals surface area (Å²) in [6, 6.07) is 19.7. The number of rotatable bonds is 5. The van der Waals surface area contributed by atoms with E-state index in [0.29, 0.717) is 28.4 Å². The van der Waals surface area contributed by atoms with Crippen LogP contribution < -0.4 is 0 Å². The van der Waals surface area contributed by atoms with Crippen molar-refractivity contribution in [3.05, 3.63) is 77.5 Å². The van der Waals surface area contributed by atoms with Gasteiger partial charge in [0.05, 0.1) is 23.8 Å². The molecule has 0 radical (unpaired) electrons. The predicted octanol–water partition coefficient (Wildman–Crippen LogP) is 6.48. The number of carbonyl (C=O) groups is 1. The van der Waals surface area contributed by atoms with Crippen molar-refractivity contribution >= 4 is 17.0 Å². The molecule has 2 atom stereocenters. The quantitative estimate of drug-likeness (QED) is 0.318. The Balaban J connectivity index is 1.45. The molecule has 0 aliphatic carbocycles. The summed E-state index contributed by atoms with van der Waals surface area (Å²) in [5, 5.41) is 9.95. The summed E-state index contributed by atoms with van der Waals surface area (Å²) in [5.41, 5.74) is 6.51. The number of fused-ring (bicyclic) bond motifs is 1. The molecule has 2 unspecified atom stereocenters. The maximum atomic E-state index is 12.2. The summed E-state index contributed by atoms with van der Waals surface area (Å²) < 4.78 is 12.2.